The molecule has 0 fully saturated rings. The van der Waals surface area contributed by atoms with Crippen molar-refractivity contribution in [2.45, 2.75) is 32.1 Å². The van der Waals surface area contributed by atoms with Crippen LogP contribution in [-0.2, 0) is 27.3 Å². The SMILES string of the molecule is COC(=O)COc1ccc(CC(C)NCC(OCc2ccccc2)c2cccc(Cl)c2)cc1. The Balaban J connectivity index is 1.55. The highest BCUT2D eigenvalue weighted by Gasteiger charge is 2.15. The Hall–Kier alpha value is -2.86. The van der Waals surface area contributed by atoms with Crippen molar-refractivity contribution in [2.75, 3.05) is 20.3 Å². The molecule has 5 nitrogen and oxygen atoms in total. The predicted molar refractivity (Wildman–Crippen MR) is 131 cm³/mol. The third-order valence-electron chi connectivity index (χ3n) is 5.22. The average molecular weight is 468 g/mol. The molecule has 6 heteroatoms. The average Bonchev–Trinajstić information content (AvgIpc) is 2.84. The van der Waals surface area contributed by atoms with Gasteiger partial charge < -0.3 is 19.5 Å². The lowest BCUT2D eigenvalue weighted by Gasteiger charge is -2.22. The van der Waals surface area contributed by atoms with E-state index in [1.54, 1.807) is 0 Å². The van der Waals surface area contributed by atoms with Crippen LogP contribution in [0.5, 0.6) is 5.75 Å². The fraction of sp³-hybridized carbons (Fsp3) is 0.296. The first-order chi connectivity index (χ1) is 16.0. The first kappa shape index (κ1) is 24.8. The Morgan fingerprint density at radius 3 is 2.42 bits per heavy atom. The lowest BCUT2D eigenvalue weighted by molar-refractivity contribution is -0.142. The third-order valence-corrected chi connectivity index (χ3v) is 5.45. The minimum atomic E-state index is -0.402. The number of ether oxygens (including phenoxy) is 3. The van der Waals surface area contributed by atoms with Crippen molar-refractivity contribution < 1.29 is 19.0 Å². The molecule has 3 aromatic carbocycles. The van der Waals surface area contributed by atoms with E-state index in [2.05, 4.69) is 29.1 Å². The zero-order valence-electron chi connectivity index (χ0n) is 19.0. The maximum atomic E-state index is 11.2. The summed E-state index contributed by atoms with van der Waals surface area (Å²) >= 11 is 6.23. The molecule has 0 bridgehead atoms. The van der Waals surface area contributed by atoms with E-state index in [1.165, 1.54) is 12.7 Å². The van der Waals surface area contributed by atoms with E-state index < -0.39 is 5.97 Å². The van der Waals surface area contributed by atoms with E-state index in [0.29, 0.717) is 23.9 Å². The largest absolute Gasteiger partial charge is 0.482 e. The van der Waals surface area contributed by atoms with E-state index >= 15 is 0 Å². The van der Waals surface area contributed by atoms with E-state index in [-0.39, 0.29) is 18.8 Å². The van der Waals surface area contributed by atoms with Gasteiger partial charge in [0, 0.05) is 17.6 Å². The fourth-order valence-electron chi connectivity index (χ4n) is 3.41. The Morgan fingerprint density at radius 2 is 1.73 bits per heavy atom. The maximum Gasteiger partial charge on any atom is 0.343 e. The van der Waals surface area contributed by atoms with Crippen LogP contribution >= 0.6 is 11.6 Å². The second-order valence-corrected chi connectivity index (χ2v) is 8.30. The highest BCUT2D eigenvalue weighted by molar-refractivity contribution is 6.30. The van der Waals surface area contributed by atoms with Crippen LogP contribution in [0.15, 0.2) is 78.9 Å². The molecule has 3 rings (SSSR count). The molecule has 0 amide bonds. The van der Waals surface area contributed by atoms with Gasteiger partial charge in [0.25, 0.3) is 0 Å². The molecule has 3 aromatic rings. The summed E-state index contributed by atoms with van der Waals surface area (Å²) in [6, 6.07) is 25.9. The first-order valence-electron chi connectivity index (χ1n) is 11.0. The number of esters is 1. The van der Waals surface area contributed by atoms with Gasteiger partial charge in [-0.1, -0.05) is 66.2 Å². The van der Waals surface area contributed by atoms with Crippen molar-refractivity contribution in [2.24, 2.45) is 0 Å². The van der Waals surface area contributed by atoms with Crippen LogP contribution in [0.3, 0.4) is 0 Å². The summed E-state index contributed by atoms with van der Waals surface area (Å²) < 4.78 is 16.3. The molecular formula is C27H30ClNO4. The molecule has 2 unspecified atom stereocenters. The lowest BCUT2D eigenvalue weighted by Crippen LogP contribution is -2.32. The standard InChI is InChI=1S/C27H30ClNO4/c1-20(15-21-11-13-25(14-12-21)32-19-27(30)31-2)29-17-26(23-9-6-10-24(28)16-23)33-18-22-7-4-3-5-8-22/h3-14,16,20,26,29H,15,17-19H2,1-2H3. The predicted octanol–water partition coefficient (Wildman–Crippen LogP) is 5.37. The molecule has 1 N–H and O–H groups in total. The van der Waals surface area contributed by atoms with E-state index in [9.17, 15) is 4.79 Å². The quantitative estimate of drug-likeness (QED) is 0.363. The van der Waals surface area contributed by atoms with E-state index in [0.717, 1.165) is 17.5 Å². The minimum absolute atomic E-state index is 0.0956. The lowest BCUT2D eigenvalue weighted by atomic mass is 10.1. The van der Waals surface area contributed by atoms with Crippen LogP contribution in [-0.4, -0.2) is 32.3 Å². The highest BCUT2D eigenvalue weighted by atomic mass is 35.5. The number of methoxy groups -OCH3 is 1. The number of carbonyl (C=O) groups is 1. The van der Waals surface area contributed by atoms with Gasteiger partial charge in [-0.05, 0) is 54.3 Å². The molecule has 0 radical (unpaired) electrons. The second kappa shape index (κ2) is 13.0. The molecule has 0 aliphatic carbocycles. The van der Waals surface area contributed by atoms with Crippen LogP contribution < -0.4 is 10.1 Å². The number of benzene rings is 3. The minimum Gasteiger partial charge on any atom is -0.482 e. The molecule has 0 saturated heterocycles. The third kappa shape index (κ3) is 8.54. The Kier molecular flexibility index (Phi) is 9.76. The van der Waals surface area contributed by atoms with Gasteiger partial charge in [0.2, 0.25) is 0 Å². The van der Waals surface area contributed by atoms with Crippen molar-refractivity contribution in [1.29, 1.82) is 0 Å². The smallest absolute Gasteiger partial charge is 0.343 e. The van der Waals surface area contributed by atoms with Gasteiger partial charge in [-0.25, -0.2) is 4.79 Å². The first-order valence-corrected chi connectivity index (χ1v) is 11.3. The van der Waals surface area contributed by atoms with Crippen molar-refractivity contribution in [3.05, 3.63) is 101 Å². The monoisotopic (exact) mass is 467 g/mol. The normalized spacial score (nSPS) is 12.7. The van der Waals surface area contributed by atoms with Crippen LogP contribution in [0.1, 0.15) is 29.7 Å². The zero-order valence-corrected chi connectivity index (χ0v) is 19.8. The molecule has 0 aliphatic rings. The van der Waals surface area contributed by atoms with Crippen LogP contribution in [0, 0.1) is 0 Å². The molecule has 0 heterocycles. The van der Waals surface area contributed by atoms with Crippen molar-refractivity contribution in [3.8, 4) is 5.75 Å². The summed E-state index contributed by atoms with van der Waals surface area (Å²) in [5.41, 5.74) is 3.35. The molecule has 2 atom stereocenters. The molecule has 0 spiro atoms. The van der Waals surface area contributed by atoms with Crippen LogP contribution in [0.2, 0.25) is 5.02 Å². The summed E-state index contributed by atoms with van der Waals surface area (Å²) in [5.74, 6) is 0.237. The number of carbonyl (C=O) groups excluding carboxylic acids is 1. The number of rotatable bonds is 12. The maximum absolute atomic E-state index is 11.2. The van der Waals surface area contributed by atoms with Gasteiger partial charge in [-0.3, -0.25) is 0 Å². The molecule has 0 aliphatic heterocycles. The number of halogens is 1. The Morgan fingerprint density at radius 1 is 0.970 bits per heavy atom. The summed E-state index contributed by atoms with van der Waals surface area (Å²) in [7, 11) is 1.34. The van der Waals surface area contributed by atoms with Gasteiger partial charge >= 0.3 is 5.97 Å². The Labute approximate surface area is 200 Å². The van der Waals surface area contributed by atoms with E-state index in [4.69, 9.17) is 21.1 Å². The fourth-order valence-corrected chi connectivity index (χ4v) is 3.61. The highest BCUT2D eigenvalue weighted by Crippen LogP contribution is 2.22. The van der Waals surface area contributed by atoms with Crippen molar-refractivity contribution in [3.63, 3.8) is 0 Å². The van der Waals surface area contributed by atoms with Crippen molar-refractivity contribution in [1.82, 2.24) is 5.32 Å². The second-order valence-electron chi connectivity index (χ2n) is 7.86. The summed E-state index contributed by atoms with van der Waals surface area (Å²) in [5, 5.41) is 4.28. The summed E-state index contributed by atoms with van der Waals surface area (Å²) in [4.78, 5) is 11.2. The molecule has 33 heavy (non-hydrogen) atoms. The van der Waals surface area contributed by atoms with Gasteiger partial charge in [0.1, 0.15) is 5.75 Å². The molecular weight excluding hydrogens is 438 g/mol. The molecule has 0 saturated carbocycles. The molecule has 174 valence electrons. The zero-order chi connectivity index (χ0) is 23.5. The van der Waals surface area contributed by atoms with Gasteiger partial charge in [0.15, 0.2) is 6.61 Å². The van der Waals surface area contributed by atoms with Crippen LogP contribution in [0.25, 0.3) is 0 Å². The number of hydrogen-bond donors (Lipinski definition) is 1. The van der Waals surface area contributed by atoms with Gasteiger partial charge in [0.05, 0.1) is 19.8 Å². The van der Waals surface area contributed by atoms with Gasteiger partial charge in [-0.2, -0.15) is 0 Å². The topological polar surface area (TPSA) is 56.8 Å². The van der Waals surface area contributed by atoms with Gasteiger partial charge in [-0.15, -0.1) is 0 Å². The van der Waals surface area contributed by atoms with Crippen molar-refractivity contribution >= 4 is 17.6 Å². The number of hydrogen-bond acceptors (Lipinski definition) is 5. The van der Waals surface area contributed by atoms with Crippen LogP contribution in [0.4, 0.5) is 0 Å². The van der Waals surface area contributed by atoms with E-state index in [1.807, 2.05) is 66.7 Å². The summed E-state index contributed by atoms with van der Waals surface area (Å²) in [6.07, 6.45) is 0.721. The summed E-state index contributed by atoms with van der Waals surface area (Å²) in [6.45, 7) is 3.24. The number of nitrogens with one attached hydrogen (secondary N) is 1. The molecule has 0 aromatic heterocycles. The Bertz CT molecular complexity index is 995.